The predicted molar refractivity (Wildman–Crippen MR) is 118 cm³/mol. The summed E-state index contributed by atoms with van der Waals surface area (Å²) in [5.41, 5.74) is 3.01. The fraction of sp³-hybridized carbons (Fsp3) is 0.273. The first kappa shape index (κ1) is 19.3. The third-order valence-corrected chi connectivity index (χ3v) is 5.18. The van der Waals surface area contributed by atoms with Crippen molar-refractivity contribution in [1.29, 1.82) is 0 Å². The molecule has 0 radical (unpaired) electrons. The summed E-state index contributed by atoms with van der Waals surface area (Å²) in [5.74, 6) is 2.25. The SMILES string of the molecule is CCNC(=NCc1nc(-c2ccccc2)cs1)Nc1ccc2c(c1)OCCCO2. The molecular formula is C22H24N4O2S. The van der Waals surface area contributed by atoms with Crippen LogP contribution in [0.4, 0.5) is 5.69 Å². The van der Waals surface area contributed by atoms with E-state index in [1.54, 1.807) is 11.3 Å². The van der Waals surface area contributed by atoms with Gasteiger partial charge in [0.2, 0.25) is 0 Å². The number of aliphatic imine (C=N–C) groups is 1. The second-order valence-corrected chi connectivity index (χ2v) is 7.47. The zero-order valence-corrected chi connectivity index (χ0v) is 17.2. The van der Waals surface area contributed by atoms with E-state index in [9.17, 15) is 0 Å². The average molecular weight is 409 g/mol. The molecule has 0 fully saturated rings. The molecule has 0 saturated heterocycles. The van der Waals surface area contributed by atoms with Gasteiger partial charge in [0.25, 0.3) is 0 Å². The van der Waals surface area contributed by atoms with E-state index in [2.05, 4.69) is 33.1 Å². The maximum atomic E-state index is 5.77. The van der Waals surface area contributed by atoms with Gasteiger partial charge in [-0.1, -0.05) is 30.3 Å². The molecule has 0 unspecified atom stereocenters. The Labute approximate surface area is 174 Å². The highest BCUT2D eigenvalue weighted by Crippen LogP contribution is 2.32. The van der Waals surface area contributed by atoms with E-state index in [0.29, 0.717) is 25.7 Å². The van der Waals surface area contributed by atoms with Crippen molar-refractivity contribution in [2.45, 2.75) is 19.9 Å². The Morgan fingerprint density at radius 2 is 1.93 bits per heavy atom. The molecule has 0 saturated carbocycles. The minimum atomic E-state index is 0.511. The Morgan fingerprint density at radius 3 is 2.76 bits per heavy atom. The molecule has 0 bridgehead atoms. The molecule has 1 aliphatic heterocycles. The van der Waals surface area contributed by atoms with Crippen molar-refractivity contribution in [2.24, 2.45) is 4.99 Å². The van der Waals surface area contributed by atoms with Crippen LogP contribution in [0.15, 0.2) is 58.9 Å². The fourth-order valence-corrected chi connectivity index (χ4v) is 3.68. The molecule has 2 N–H and O–H groups in total. The van der Waals surface area contributed by atoms with Gasteiger partial charge < -0.3 is 20.1 Å². The van der Waals surface area contributed by atoms with Crippen molar-refractivity contribution in [3.8, 4) is 22.8 Å². The van der Waals surface area contributed by atoms with Crippen LogP contribution in [0.25, 0.3) is 11.3 Å². The van der Waals surface area contributed by atoms with E-state index >= 15 is 0 Å². The number of guanidine groups is 1. The highest BCUT2D eigenvalue weighted by Gasteiger charge is 2.11. The lowest BCUT2D eigenvalue weighted by molar-refractivity contribution is 0.297. The van der Waals surface area contributed by atoms with Gasteiger partial charge in [-0.25, -0.2) is 9.98 Å². The summed E-state index contributed by atoms with van der Waals surface area (Å²) >= 11 is 1.62. The topological polar surface area (TPSA) is 67.8 Å². The maximum absolute atomic E-state index is 5.77. The van der Waals surface area contributed by atoms with Crippen molar-refractivity contribution in [2.75, 3.05) is 25.1 Å². The number of fused-ring (bicyclic) bond motifs is 1. The van der Waals surface area contributed by atoms with Gasteiger partial charge in [0.05, 0.1) is 25.5 Å². The van der Waals surface area contributed by atoms with Gasteiger partial charge in [0.1, 0.15) is 5.01 Å². The Balaban J connectivity index is 1.46. The Hall–Kier alpha value is -3.06. The molecule has 0 spiro atoms. The molecule has 1 aromatic heterocycles. The van der Waals surface area contributed by atoms with E-state index in [1.807, 2.05) is 43.3 Å². The minimum Gasteiger partial charge on any atom is -0.490 e. The number of hydrogen-bond acceptors (Lipinski definition) is 5. The van der Waals surface area contributed by atoms with Crippen molar-refractivity contribution in [1.82, 2.24) is 10.3 Å². The van der Waals surface area contributed by atoms with Gasteiger partial charge in [-0.05, 0) is 19.1 Å². The molecule has 6 nitrogen and oxygen atoms in total. The summed E-state index contributed by atoms with van der Waals surface area (Å²) in [6.45, 7) is 4.67. The quantitative estimate of drug-likeness (QED) is 0.479. The highest BCUT2D eigenvalue weighted by atomic mass is 32.1. The molecule has 150 valence electrons. The molecule has 2 heterocycles. The largest absolute Gasteiger partial charge is 0.490 e. The number of anilines is 1. The standard InChI is InChI=1S/C22H24N4O2S/c1-2-23-22(25-17-9-10-19-20(13-17)28-12-6-11-27-19)24-14-21-26-18(15-29-21)16-7-4-3-5-8-16/h3-5,7-10,13,15H,2,6,11-12,14H2,1H3,(H2,23,24,25). The van der Waals surface area contributed by atoms with E-state index in [4.69, 9.17) is 14.5 Å². The number of rotatable bonds is 5. The number of thiazole rings is 1. The molecule has 0 amide bonds. The number of benzene rings is 2. The number of ether oxygens (including phenoxy) is 2. The zero-order valence-electron chi connectivity index (χ0n) is 16.4. The van der Waals surface area contributed by atoms with Crippen LogP contribution in [0, 0.1) is 0 Å². The Bertz CT molecular complexity index is 972. The van der Waals surface area contributed by atoms with E-state index in [1.165, 1.54) is 0 Å². The molecule has 4 rings (SSSR count). The number of nitrogens with zero attached hydrogens (tertiary/aromatic N) is 2. The van der Waals surface area contributed by atoms with Crippen molar-refractivity contribution >= 4 is 23.0 Å². The molecule has 29 heavy (non-hydrogen) atoms. The van der Waals surface area contributed by atoms with Crippen LogP contribution in [0.2, 0.25) is 0 Å². The van der Waals surface area contributed by atoms with Crippen LogP contribution in [-0.2, 0) is 6.54 Å². The van der Waals surface area contributed by atoms with Gasteiger partial charge in [-0.3, -0.25) is 0 Å². The van der Waals surface area contributed by atoms with Gasteiger partial charge >= 0.3 is 0 Å². The predicted octanol–water partition coefficient (Wildman–Crippen LogP) is 4.55. The summed E-state index contributed by atoms with van der Waals surface area (Å²) in [7, 11) is 0. The second kappa shape index (κ2) is 9.43. The molecule has 0 atom stereocenters. The minimum absolute atomic E-state index is 0.511. The second-order valence-electron chi connectivity index (χ2n) is 6.52. The lowest BCUT2D eigenvalue weighted by Gasteiger charge is -2.13. The van der Waals surface area contributed by atoms with Crippen molar-refractivity contribution in [3.05, 3.63) is 58.9 Å². The summed E-state index contributed by atoms with van der Waals surface area (Å²) in [6, 6.07) is 16.0. The summed E-state index contributed by atoms with van der Waals surface area (Å²) in [6.07, 6.45) is 0.889. The lowest BCUT2D eigenvalue weighted by Crippen LogP contribution is -2.30. The maximum Gasteiger partial charge on any atom is 0.196 e. The number of hydrogen-bond donors (Lipinski definition) is 2. The van der Waals surface area contributed by atoms with E-state index in [0.717, 1.165) is 46.4 Å². The first-order valence-corrected chi connectivity index (χ1v) is 10.6. The number of aromatic nitrogens is 1. The molecular weight excluding hydrogens is 384 g/mol. The fourth-order valence-electron chi connectivity index (χ4n) is 2.96. The first-order chi connectivity index (χ1) is 14.3. The Kier molecular flexibility index (Phi) is 6.26. The van der Waals surface area contributed by atoms with Crippen LogP contribution in [0.1, 0.15) is 18.4 Å². The van der Waals surface area contributed by atoms with Crippen LogP contribution >= 0.6 is 11.3 Å². The number of nitrogens with one attached hydrogen (secondary N) is 2. The first-order valence-electron chi connectivity index (χ1n) is 9.76. The van der Waals surface area contributed by atoms with Crippen LogP contribution < -0.4 is 20.1 Å². The monoisotopic (exact) mass is 408 g/mol. The summed E-state index contributed by atoms with van der Waals surface area (Å²) in [4.78, 5) is 9.39. The molecule has 0 aliphatic carbocycles. The highest BCUT2D eigenvalue weighted by molar-refractivity contribution is 7.09. The third kappa shape index (κ3) is 5.06. The van der Waals surface area contributed by atoms with Gasteiger partial charge in [0, 0.05) is 35.7 Å². The molecule has 7 heteroatoms. The van der Waals surface area contributed by atoms with Gasteiger partial charge in [-0.2, -0.15) is 0 Å². The van der Waals surface area contributed by atoms with E-state index in [-0.39, 0.29) is 0 Å². The lowest BCUT2D eigenvalue weighted by atomic mass is 10.2. The average Bonchev–Trinajstić information content (AvgIpc) is 3.11. The van der Waals surface area contributed by atoms with Gasteiger partial charge in [0.15, 0.2) is 17.5 Å². The Morgan fingerprint density at radius 1 is 1.10 bits per heavy atom. The normalized spacial score (nSPS) is 13.6. The van der Waals surface area contributed by atoms with Gasteiger partial charge in [-0.15, -0.1) is 11.3 Å². The molecule has 1 aliphatic rings. The van der Waals surface area contributed by atoms with Crippen molar-refractivity contribution < 1.29 is 9.47 Å². The van der Waals surface area contributed by atoms with E-state index < -0.39 is 0 Å². The zero-order chi connectivity index (χ0) is 19.9. The summed E-state index contributed by atoms with van der Waals surface area (Å²) in [5, 5.41) is 9.66. The van der Waals surface area contributed by atoms with Crippen LogP contribution in [0.5, 0.6) is 11.5 Å². The molecule has 2 aromatic carbocycles. The third-order valence-electron chi connectivity index (χ3n) is 4.35. The van der Waals surface area contributed by atoms with Crippen LogP contribution in [-0.4, -0.2) is 30.7 Å². The van der Waals surface area contributed by atoms with Crippen molar-refractivity contribution in [3.63, 3.8) is 0 Å². The molecule has 3 aromatic rings. The smallest absolute Gasteiger partial charge is 0.196 e. The van der Waals surface area contributed by atoms with Crippen LogP contribution in [0.3, 0.4) is 0 Å². The summed E-state index contributed by atoms with van der Waals surface area (Å²) < 4.78 is 11.5.